The van der Waals surface area contributed by atoms with Gasteiger partial charge in [-0.2, -0.15) is 10.1 Å². The fourth-order valence-electron chi connectivity index (χ4n) is 3.42. The number of carbonyl (C=O) groups is 1. The van der Waals surface area contributed by atoms with E-state index < -0.39 is 0 Å². The summed E-state index contributed by atoms with van der Waals surface area (Å²) in [5.41, 5.74) is 1.99. The van der Waals surface area contributed by atoms with Crippen LogP contribution in [-0.4, -0.2) is 39.5 Å². The van der Waals surface area contributed by atoms with E-state index in [9.17, 15) is 4.79 Å². The number of allylic oxidation sites excluding steroid dienone is 1. The molecular weight excluding hydrogens is 402 g/mol. The second kappa shape index (κ2) is 8.68. The number of aliphatic hydroxyl groups excluding tert-OH is 1. The van der Waals surface area contributed by atoms with Crippen LogP contribution in [0.5, 0.6) is 5.75 Å². The van der Waals surface area contributed by atoms with Crippen LogP contribution in [0.25, 0.3) is 0 Å². The Bertz CT molecular complexity index is 1060. The number of aliphatic hydroxyl groups is 1. The van der Waals surface area contributed by atoms with E-state index in [1.807, 2.05) is 24.4 Å². The van der Waals surface area contributed by atoms with E-state index in [2.05, 4.69) is 20.7 Å². The summed E-state index contributed by atoms with van der Waals surface area (Å²) in [4.78, 5) is 18.8. The molecule has 0 radical (unpaired) electrons. The summed E-state index contributed by atoms with van der Waals surface area (Å²) in [7, 11) is 1.60. The quantitative estimate of drug-likeness (QED) is 0.537. The van der Waals surface area contributed by atoms with Gasteiger partial charge < -0.3 is 20.5 Å². The standard InChI is InChI=1S/C21H23N5O3S/c1-13-18(20(28)23-14-7-9-15(29-2)10-8-14)19(16-5-4-12-30-16)26-21(22-13)24-17(25-26)6-3-11-27/h4-5,7-10,12,19,27H,3,6,11H2,1-2H3,(H,23,28)(H,22,24,25). The van der Waals surface area contributed by atoms with Crippen LogP contribution in [0.1, 0.15) is 30.1 Å². The fourth-order valence-corrected chi connectivity index (χ4v) is 4.23. The number of benzene rings is 1. The van der Waals surface area contributed by atoms with E-state index in [-0.39, 0.29) is 18.6 Å². The number of methoxy groups -OCH3 is 1. The van der Waals surface area contributed by atoms with Crippen LogP contribution < -0.4 is 15.4 Å². The van der Waals surface area contributed by atoms with Crippen molar-refractivity contribution in [1.82, 2.24) is 14.8 Å². The minimum absolute atomic E-state index is 0.0818. The predicted molar refractivity (Wildman–Crippen MR) is 116 cm³/mol. The minimum atomic E-state index is -0.380. The molecule has 3 aromatic rings. The molecule has 1 amide bonds. The van der Waals surface area contributed by atoms with Gasteiger partial charge in [0.2, 0.25) is 5.95 Å². The maximum absolute atomic E-state index is 13.3. The molecule has 1 unspecified atom stereocenters. The number of anilines is 2. The SMILES string of the molecule is COc1ccc(NC(=O)C2=C(C)Nc3nc(CCCO)nn3C2c2cccs2)cc1. The fraction of sp³-hybridized carbons (Fsp3) is 0.286. The number of fused-ring (bicyclic) bond motifs is 1. The molecule has 0 saturated heterocycles. The minimum Gasteiger partial charge on any atom is -0.497 e. The zero-order valence-corrected chi connectivity index (χ0v) is 17.6. The van der Waals surface area contributed by atoms with Gasteiger partial charge in [-0.05, 0) is 49.1 Å². The molecule has 1 aromatic carbocycles. The zero-order chi connectivity index (χ0) is 21.1. The summed E-state index contributed by atoms with van der Waals surface area (Å²) < 4.78 is 6.94. The Hall–Kier alpha value is -3.17. The summed E-state index contributed by atoms with van der Waals surface area (Å²) in [6.07, 6.45) is 1.16. The number of hydrogen-bond acceptors (Lipinski definition) is 7. The Labute approximate surface area is 178 Å². The first-order valence-electron chi connectivity index (χ1n) is 9.63. The highest BCUT2D eigenvalue weighted by molar-refractivity contribution is 7.10. The van der Waals surface area contributed by atoms with E-state index in [4.69, 9.17) is 9.84 Å². The Kier molecular flexibility index (Phi) is 5.82. The molecule has 9 heteroatoms. The monoisotopic (exact) mass is 425 g/mol. The number of nitrogens with one attached hydrogen (secondary N) is 2. The van der Waals surface area contributed by atoms with Gasteiger partial charge in [-0.3, -0.25) is 4.79 Å². The van der Waals surface area contributed by atoms with Crippen LogP contribution in [0, 0.1) is 0 Å². The molecular formula is C21H23N5O3S. The first-order chi connectivity index (χ1) is 14.6. The molecule has 1 atom stereocenters. The third kappa shape index (κ3) is 3.94. The van der Waals surface area contributed by atoms with Gasteiger partial charge in [0.25, 0.3) is 5.91 Å². The van der Waals surface area contributed by atoms with Crippen molar-refractivity contribution in [1.29, 1.82) is 0 Å². The van der Waals surface area contributed by atoms with Crippen LogP contribution in [0.15, 0.2) is 53.0 Å². The van der Waals surface area contributed by atoms with Crippen molar-refractivity contribution in [2.24, 2.45) is 0 Å². The first-order valence-corrected chi connectivity index (χ1v) is 10.5. The second-order valence-corrected chi connectivity index (χ2v) is 7.87. The van der Waals surface area contributed by atoms with E-state index in [1.54, 1.807) is 47.4 Å². The van der Waals surface area contributed by atoms with Gasteiger partial charge in [0.05, 0.1) is 12.7 Å². The molecule has 30 heavy (non-hydrogen) atoms. The van der Waals surface area contributed by atoms with E-state index in [1.165, 1.54) is 0 Å². The number of carbonyl (C=O) groups excluding carboxylic acids is 1. The topological polar surface area (TPSA) is 101 Å². The lowest BCUT2D eigenvalue weighted by molar-refractivity contribution is -0.113. The molecule has 2 aromatic heterocycles. The molecule has 156 valence electrons. The molecule has 3 N–H and O–H groups in total. The maximum Gasteiger partial charge on any atom is 0.255 e. The average Bonchev–Trinajstić information content (AvgIpc) is 3.41. The lowest BCUT2D eigenvalue weighted by Gasteiger charge is -2.27. The van der Waals surface area contributed by atoms with Crippen LogP contribution in [0.4, 0.5) is 11.6 Å². The highest BCUT2D eigenvalue weighted by Gasteiger charge is 2.34. The van der Waals surface area contributed by atoms with Gasteiger partial charge in [0, 0.05) is 29.3 Å². The summed E-state index contributed by atoms with van der Waals surface area (Å²) in [5.74, 6) is 1.75. The Morgan fingerprint density at radius 2 is 2.13 bits per heavy atom. The normalized spacial score (nSPS) is 15.5. The summed E-state index contributed by atoms with van der Waals surface area (Å²) in [6, 6.07) is 10.8. The number of aryl methyl sites for hydroxylation is 1. The van der Waals surface area contributed by atoms with Gasteiger partial charge in [-0.1, -0.05) is 6.07 Å². The number of aromatic nitrogens is 3. The van der Waals surface area contributed by atoms with Crippen molar-refractivity contribution >= 4 is 28.9 Å². The molecule has 1 aliphatic rings. The predicted octanol–water partition coefficient (Wildman–Crippen LogP) is 3.20. The molecule has 4 rings (SSSR count). The molecule has 3 heterocycles. The molecule has 1 aliphatic heterocycles. The average molecular weight is 426 g/mol. The van der Waals surface area contributed by atoms with Crippen LogP contribution in [0.2, 0.25) is 0 Å². The number of rotatable bonds is 7. The maximum atomic E-state index is 13.3. The summed E-state index contributed by atoms with van der Waals surface area (Å²) in [6.45, 7) is 1.95. The molecule has 0 bridgehead atoms. The molecule has 0 saturated carbocycles. The number of nitrogens with zero attached hydrogens (tertiary/aromatic N) is 3. The van der Waals surface area contributed by atoms with Crippen molar-refractivity contribution in [3.05, 3.63) is 63.7 Å². The summed E-state index contributed by atoms with van der Waals surface area (Å²) in [5, 5.41) is 21.9. The van der Waals surface area contributed by atoms with Crippen molar-refractivity contribution in [2.75, 3.05) is 24.4 Å². The molecule has 0 fully saturated rings. The van der Waals surface area contributed by atoms with E-state index >= 15 is 0 Å². The third-order valence-corrected chi connectivity index (χ3v) is 5.78. The molecule has 0 spiro atoms. The van der Waals surface area contributed by atoms with Gasteiger partial charge >= 0.3 is 0 Å². The molecule has 0 aliphatic carbocycles. The van der Waals surface area contributed by atoms with E-state index in [0.717, 1.165) is 16.3 Å². The Morgan fingerprint density at radius 1 is 1.33 bits per heavy atom. The zero-order valence-electron chi connectivity index (χ0n) is 16.8. The largest absolute Gasteiger partial charge is 0.497 e. The van der Waals surface area contributed by atoms with Crippen LogP contribution in [-0.2, 0) is 11.2 Å². The van der Waals surface area contributed by atoms with Crippen molar-refractivity contribution in [3.8, 4) is 5.75 Å². The molecule has 8 nitrogen and oxygen atoms in total. The second-order valence-electron chi connectivity index (χ2n) is 6.89. The summed E-state index contributed by atoms with van der Waals surface area (Å²) >= 11 is 1.57. The number of ether oxygens (including phenoxy) is 1. The van der Waals surface area contributed by atoms with Gasteiger partial charge in [0.15, 0.2) is 5.82 Å². The Morgan fingerprint density at radius 3 is 2.80 bits per heavy atom. The number of amides is 1. The lowest BCUT2D eigenvalue weighted by atomic mass is 10.0. The van der Waals surface area contributed by atoms with Gasteiger partial charge in [0.1, 0.15) is 11.8 Å². The van der Waals surface area contributed by atoms with E-state index in [0.29, 0.717) is 35.9 Å². The van der Waals surface area contributed by atoms with Gasteiger partial charge in [-0.15, -0.1) is 11.3 Å². The Balaban J connectivity index is 1.68. The highest BCUT2D eigenvalue weighted by atomic mass is 32.1. The van der Waals surface area contributed by atoms with Crippen LogP contribution >= 0.6 is 11.3 Å². The third-order valence-electron chi connectivity index (χ3n) is 4.86. The number of thiophene rings is 1. The smallest absolute Gasteiger partial charge is 0.255 e. The van der Waals surface area contributed by atoms with Crippen molar-refractivity contribution in [3.63, 3.8) is 0 Å². The van der Waals surface area contributed by atoms with Crippen molar-refractivity contribution in [2.45, 2.75) is 25.8 Å². The lowest BCUT2D eigenvalue weighted by Crippen LogP contribution is -2.31. The highest BCUT2D eigenvalue weighted by Crippen LogP contribution is 2.37. The number of hydrogen-bond donors (Lipinski definition) is 3. The van der Waals surface area contributed by atoms with Crippen molar-refractivity contribution < 1.29 is 14.6 Å². The first kappa shape index (κ1) is 20.1. The van der Waals surface area contributed by atoms with Gasteiger partial charge in [-0.25, -0.2) is 4.68 Å². The van der Waals surface area contributed by atoms with Crippen LogP contribution in [0.3, 0.4) is 0 Å².